The Labute approximate surface area is 125 Å². The van der Waals surface area contributed by atoms with Crippen LogP contribution in [0.15, 0.2) is 30.3 Å². The lowest BCUT2D eigenvalue weighted by Crippen LogP contribution is -2.44. The van der Waals surface area contributed by atoms with E-state index in [2.05, 4.69) is 6.92 Å². The van der Waals surface area contributed by atoms with Gasteiger partial charge >= 0.3 is 5.97 Å². The molecule has 0 aliphatic carbocycles. The van der Waals surface area contributed by atoms with E-state index >= 15 is 0 Å². The molecular formula is C17H23NO3. The van der Waals surface area contributed by atoms with E-state index in [9.17, 15) is 9.59 Å². The highest BCUT2D eigenvalue weighted by atomic mass is 16.4. The van der Waals surface area contributed by atoms with Crippen LogP contribution in [0.2, 0.25) is 0 Å². The summed E-state index contributed by atoms with van der Waals surface area (Å²) in [6, 6.07) is 9.80. The van der Waals surface area contributed by atoms with Crippen molar-refractivity contribution in [1.82, 2.24) is 4.90 Å². The molecule has 1 saturated heterocycles. The summed E-state index contributed by atoms with van der Waals surface area (Å²) in [5, 5.41) is 9.16. The van der Waals surface area contributed by atoms with E-state index in [1.807, 2.05) is 30.3 Å². The minimum atomic E-state index is -0.792. The molecule has 1 fully saturated rings. The van der Waals surface area contributed by atoms with Gasteiger partial charge in [0.25, 0.3) is 0 Å². The predicted molar refractivity (Wildman–Crippen MR) is 81.0 cm³/mol. The number of carboxylic acids is 1. The van der Waals surface area contributed by atoms with E-state index in [1.54, 1.807) is 4.90 Å². The molecular weight excluding hydrogens is 266 g/mol. The Morgan fingerprint density at radius 3 is 2.67 bits per heavy atom. The monoisotopic (exact) mass is 289 g/mol. The Hall–Kier alpha value is -1.84. The second-order valence-corrected chi connectivity index (χ2v) is 5.71. The SMILES string of the molecule is CCCC(C(=O)N1CCC[C@H](C(=O)O)C1)c1ccccc1. The molecule has 2 atom stereocenters. The van der Waals surface area contributed by atoms with Crippen molar-refractivity contribution in [2.45, 2.75) is 38.5 Å². The molecule has 1 aliphatic heterocycles. The Bertz CT molecular complexity index is 486. The fourth-order valence-corrected chi connectivity index (χ4v) is 3.01. The van der Waals surface area contributed by atoms with Crippen molar-refractivity contribution in [1.29, 1.82) is 0 Å². The molecule has 0 bridgehead atoms. The van der Waals surface area contributed by atoms with E-state index in [0.717, 1.165) is 24.8 Å². The first-order valence-electron chi connectivity index (χ1n) is 7.70. The van der Waals surface area contributed by atoms with Gasteiger partial charge in [-0.3, -0.25) is 9.59 Å². The van der Waals surface area contributed by atoms with E-state index in [0.29, 0.717) is 19.5 Å². The van der Waals surface area contributed by atoms with Gasteiger partial charge in [-0.2, -0.15) is 0 Å². The second kappa shape index (κ2) is 7.25. The molecule has 1 heterocycles. The van der Waals surface area contributed by atoms with Crippen LogP contribution in [0.25, 0.3) is 0 Å². The molecule has 114 valence electrons. The Morgan fingerprint density at radius 2 is 2.05 bits per heavy atom. The van der Waals surface area contributed by atoms with Crippen LogP contribution < -0.4 is 0 Å². The smallest absolute Gasteiger partial charge is 0.308 e. The summed E-state index contributed by atoms with van der Waals surface area (Å²) in [6.07, 6.45) is 3.18. The highest BCUT2D eigenvalue weighted by Gasteiger charge is 2.31. The van der Waals surface area contributed by atoms with Gasteiger partial charge in [0.2, 0.25) is 5.91 Å². The van der Waals surface area contributed by atoms with Crippen LogP contribution in [-0.2, 0) is 9.59 Å². The van der Waals surface area contributed by atoms with Gasteiger partial charge < -0.3 is 10.0 Å². The summed E-state index contributed by atoms with van der Waals surface area (Å²) in [5.41, 5.74) is 1.03. The lowest BCUT2D eigenvalue weighted by Gasteiger charge is -2.33. The maximum atomic E-state index is 12.8. The van der Waals surface area contributed by atoms with Gasteiger partial charge in [0.1, 0.15) is 0 Å². The third-order valence-corrected chi connectivity index (χ3v) is 4.16. The third kappa shape index (κ3) is 3.84. The maximum Gasteiger partial charge on any atom is 0.308 e. The summed E-state index contributed by atoms with van der Waals surface area (Å²) < 4.78 is 0. The minimum absolute atomic E-state index is 0.0778. The number of likely N-dealkylation sites (tertiary alicyclic amines) is 1. The van der Waals surface area contributed by atoms with Crippen LogP contribution >= 0.6 is 0 Å². The molecule has 1 aromatic carbocycles. The zero-order valence-electron chi connectivity index (χ0n) is 12.5. The van der Waals surface area contributed by atoms with Crippen molar-refractivity contribution in [3.8, 4) is 0 Å². The zero-order chi connectivity index (χ0) is 15.2. The molecule has 21 heavy (non-hydrogen) atoms. The van der Waals surface area contributed by atoms with Gasteiger partial charge in [-0.15, -0.1) is 0 Å². The molecule has 4 nitrogen and oxygen atoms in total. The summed E-state index contributed by atoms with van der Waals surface area (Å²) >= 11 is 0. The van der Waals surface area contributed by atoms with Gasteiger partial charge in [0.05, 0.1) is 11.8 Å². The molecule has 0 aromatic heterocycles. The normalized spacial score (nSPS) is 20.0. The number of carbonyl (C=O) groups is 2. The number of hydrogen-bond acceptors (Lipinski definition) is 2. The van der Waals surface area contributed by atoms with Gasteiger partial charge in [0.15, 0.2) is 0 Å². The van der Waals surface area contributed by atoms with Crippen molar-refractivity contribution in [3.05, 3.63) is 35.9 Å². The molecule has 2 rings (SSSR count). The maximum absolute atomic E-state index is 12.8. The third-order valence-electron chi connectivity index (χ3n) is 4.16. The number of piperidine rings is 1. The highest BCUT2D eigenvalue weighted by molar-refractivity contribution is 5.84. The average Bonchev–Trinajstić information content (AvgIpc) is 2.53. The van der Waals surface area contributed by atoms with Gasteiger partial charge in [-0.25, -0.2) is 0 Å². The standard InChI is InChI=1S/C17H23NO3/c1-2-7-15(13-8-4-3-5-9-13)16(19)18-11-6-10-14(12-18)17(20)21/h3-5,8-9,14-15H,2,6-7,10-12H2,1H3,(H,20,21)/t14-,15?/m0/s1. The highest BCUT2D eigenvalue weighted by Crippen LogP contribution is 2.26. The van der Waals surface area contributed by atoms with Gasteiger partial charge in [-0.05, 0) is 24.8 Å². The molecule has 1 amide bonds. The minimum Gasteiger partial charge on any atom is -0.481 e. The number of nitrogens with zero attached hydrogens (tertiary/aromatic N) is 1. The molecule has 0 radical (unpaired) electrons. The topological polar surface area (TPSA) is 57.6 Å². The van der Waals surface area contributed by atoms with E-state index in [4.69, 9.17) is 5.11 Å². The molecule has 0 spiro atoms. The number of benzene rings is 1. The molecule has 1 aromatic rings. The lowest BCUT2D eigenvalue weighted by molar-refractivity contribution is -0.146. The largest absolute Gasteiger partial charge is 0.481 e. The van der Waals surface area contributed by atoms with E-state index in [-0.39, 0.29) is 11.8 Å². The van der Waals surface area contributed by atoms with Crippen LogP contribution in [0, 0.1) is 5.92 Å². The number of aliphatic carboxylic acids is 1. The molecule has 1 N–H and O–H groups in total. The summed E-state index contributed by atoms with van der Waals surface area (Å²) in [6.45, 7) is 3.09. The summed E-state index contributed by atoms with van der Waals surface area (Å²) in [5.74, 6) is -1.28. The first kappa shape index (κ1) is 15.5. The quantitative estimate of drug-likeness (QED) is 0.906. The van der Waals surface area contributed by atoms with Crippen LogP contribution in [0.5, 0.6) is 0 Å². The summed E-state index contributed by atoms with van der Waals surface area (Å²) in [7, 11) is 0. The van der Waals surface area contributed by atoms with Crippen molar-refractivity contribution in [3.63, 3.8) is 0 Å². The average molecular weight is 289 g/mol. The van der Waals surface area contributed by atoms with Crippen LogP contribution in [-0.4, -0.2) is 35.0 Å². The first-order valence-corrected chi connectivity index (χ1v) is 7.70. The Kier molecular flexibility index (Phi) is 5.37. The van der Waals surface area contributed by atoms with Gasteiger partial charge in [0, 0.05) is 13.1 Å². The summed E-state index contributed by atoms with van der Waals surface area (Å²) in [4.78, 5) is 25.7. The zero-order valence-corrected chi connectivity index (χ0v) is 12.5. The molecule has 1 unspecified atom stereocenters. The van der Waals surface area contributed by atoms with Crippen LogP contribution in [0.1, 0.15) is 44.1 Å². The lowest BCUT2D eigenvalue weighted by atomic mass is 9.91. The van der Waals surface area contributed by atoms with Crippen molar-refractivity contribution in [2.75, 3.05) is 13.1 Å². The second-order valence-electron chi connectivity index (χ2n) is 5.71. The molecule has 4 heteroatoms. The Balaban J connectivity index is 2.13. The predicted octanol–water partition coefficient (Wildman–Crippen LogP) is 2.89. The number of rotatable bonds is 5. The number of carbonyl (C=O) groups excluding carboxylic acids is 1. The van der Waals surface area contributed by atoms with E-state index < -0.39 is 11.9 Å². The number of hydrogen-bond donors (Lipinski definition) is 1. The number of amides is 1. The van der Waals surface area contributed by atoms with Gasteiger partial charge in [-0.1, -0.05) is 43.7 Å². The fourth-order valence-electron chi connectivity index (χ4n) is 3.01. The van der Waals surface area contributed by atoms with Crippen molar-refractivity contribution < 1.29 is 14.7 Å². The van der Waals surface area contributed by atoms with Crippen LogP contribution in [0.4, 0.5) is 0 Å². The number of carboxylic acid groups (broad SMARTS) is 1. The van der Waals surface area contributed by atoms with Crippen LogP contribution in [0.3, 0.4) is 0 Å². The Morgan fingerprint density at radius 1 is 1.33 bits per heavy atom. The van der Waals surface area contributed by atoms with E-state index in [1.165, 1.54) is 0 Å². The first-order chi connectivity index (χ1) is 10.1. The van der Waals surface area contributed by atoms with Crippen molar-refractivity contribution >= 4 is 11.9 Å². The molecule has 0 saturated carbocycles. The van der Waals surface area contributed by atoms with Crippen molar-refractivity contribution in [2.24, 2.45) is 5.92 Å². The molecule has 1 aliphatic rings. The fraction of sp³-hybridized carbons (Fsp3) is 0.529.